The van der Waals surface area contributed by atoms with Crippen LogP contribution in [0.5, 0.6) is 0 Å². The van der Waals surface area contributed by atoms with Crippen LogP contribution in [-0.4, -0.2) is 40.4 Å². The van der Waals surface area contributed by atoms with Crippen LogP contribution in [0.3, 0.4) is 0 Å². The Labute approximate surface area is 145 Å². The molecule has 1 aliphatic heterocycles. The fourth-order valence-corrected chi connectivity index (χ4v) is 4.25. The predicted octanol–water partition coefficient (Wildman–Crippen LogP) is 1.73. The van der Waals surface area contributed by atoms with Gasteiger partial charge in [0.15, 0.2) is 0 Å². The maximum Gasteiger partial charge on any atom is 0.259 e. The lowest BCUT2D eigenvalue weighted by Crippen LogP contribution is -2.34. The van der Waals surface area contributed by atoms with Gasteiger partial charge in [-0.15, -0.1) is 11.3 Å². The van der Waals surface area contributed by atoms with Gasteiger partial charge in [0.05, 0.1) is 5.39 Å². The molecule has 0 aromatic carbocycles. The predicted molar refractivity (Wildman–Crippen MR) is 96.4 cm³/mol. The summed E-state index contributed by atoms with van der Waals surface area (Å²) in [4.78, 5) is 35.8. The van der Waals surface area contributed by atoms with Gasteiger partial charge in [-0.1, -0.05) is 6.92 Å². The minimum absolute atomic E-state index is 0.0349. The fraction of sp³-hybridized carbons (Fsp3) is 0.588. The molecule has 3 heterocycles. The average molecular weight is 348 g/mol. The van der Waals surface area contributed by atoms with Crippen LogP contribution in [0, 0.1) is 19.3 Å². The summed E-state index contributed by atoms with van der Waals surface area (Å²) in [6.07, 6.45) is 1.76. The van der Waals surface area contributed by atoms with E-state index >= 15 is 0 Å². The highest BCUT2D eigenvalue weighted by Crippen LogP contribution is 2.29. The molecule has 1 fully saturated rings. The molecule has 130 valence electrons. The van der Waals surface area contributed by atoms with E-state index in [2.05, 4.69) is 16.9 Å². The van der Waals surface area contributed by atoms with Crippen molar-refractivity contribution in [1.82, 2.24) is 14.9 Å². The number of hydrogen-bond acceptors (Lipinski definition) is 5. The highest BCUT2D eigenvalue weighted by atomic mass is 32.1. The van der Waals surface area contributed by atoms with Gasteiger partial charge in [-0.05, 0) is 37.8 Å². The van der Waals surface area contributed by atoms with Crippen molar-refractivity contribution in [3.8, 4) is 0 Å². The maximum atomic E-state index is 12.4. The Morgan fingerprint density at radius 2 is 2.21 bits per heavy atom. The van der Waals surface area contributed by atoms with E-state index in [1.54, 1.807) is 0 Å². The maximum absolute atomic E-state index is 12.4. The van der Waals surface area contributed by atoms with Gasteiger partial charge in [0.25, 0.3) is 5.56 Å². The summed E-state index contributed by atoms with van der Waals surface area (Å²) < 4.78 is 0. The molecule has 2 aromatic heterocycles. The smallest absolute Gasteiger partial charge is 0.259 e. The molecule has 6 nitrogen and oxygen atoms in total. The van der Waals surface area contributed by atoms with Crippen molar-refractivity contribution in [2.24, 2.45) is 11.1 Å². The number of likely N-dealkylation sites (tertiary alicyclic amines) is 1. The summed E-state index contributed by atoms with van der Waals surface area (Å²) in [7, 11) is 0. The van der Waals surface area contributed by atoms with Crippen molar-refractivity contribution in [3.63, 3.8) is 0 Å². The summed E-state index contributed by atoms with van der Waals surface area (Å²) in [5, 5.41) is 0.672. The van der Waals surface area contributed by atoms with Gasteiger partial charge >= 0.3 is 0 Å². The summed E-state index contributed by atoms with van der Waals surface area (Å²) in [5.41, 5.74) is 6.71. The lowest BCUT2D eigenvalue weighted by molar-refractivity contribution is -0.130. The number of amides is 1. The van der Waals surface area contributed by atoms with Crippen molar-refractivity contribution in [1.29, 1.82) is 0 Å². The molecular weight excluding hydrogens is 324 g/mol. The van der Waals surface area contributed by atoms with Crippen LogP contribution in [0.4, 0.5) is 0 Å². The monoisotopic (exact) mass is 348 g/mol. The molecule has 0 bridgehead atoms. The van der Waals surface area contributed by atoms with E-state index in [0.717, 1.165) is 28.2 Å². The molecule has 0 saturated carbocycles. The SMILES string of the molecule is Cc1sc2nc(CCC(=O)N3CCC(C)(CN)C3)[nH]c(=O)c2c1C. The van der Waals surface area contributed by atoms with Crippen molar-refractivity contribution < 1.29 is 4.79 Å². The quantitative estimate of drug-likeness (QED) is 0.880. The van der Waals surface area contributed by atoms with E-state index in [4.69, 9.17) is 5.73 Å². The molecule has 2 aromatic rings. The number of rotatable bonds is 4. The van der Waals surface area contributed by atoms with Crippen LogP contribution in [0.15, 0.2) is 4.79 Å². The highest BCUT2D eigenvalue weighted by molar-refractivity contribution is 7.18. The van der Waals surface area contributed by atoms with Crippen LogP contribution in [0.2, 0.25) is 0 Å². The second-order valence-corrected chi connectivity index (χ2v) is 8.26. The first kappa shape index (κ1) is 17.1. The average Bonchev–Trinajstić information content (AvgIpc) is 3.07. The normalized spacial score (nSPS) is 20.9. The van der Waals surface area contributed by atoms with E-state index in [0.29, 0.717) is 37.1 Å². The fourth-order valence-electron chi connectivity index (χ4n) is 3.20. The standard InChI is InChI=1S/C17H24N4O2S/c1-10-11(2)24-16-14(10)15(23)19-12(20-16)4-5-13(22)21-7-6-17(3,8-18)9-21/h4-9,18H2,1-3H3,(H,19,20,23). The number of H-pyrrole nitrogens is 1. The molecular formula is C17H24N4O2S. The second kappa shape index (κ2) is 6.29. The summed E-state index contributed by atoms with van der Waals surface area (Å²) in [6.45, 7) is 8.13. The zero-order valence-corrected chi connectivity index (χ0v) is 15.3. The zero-order chi connectivity index (χ0) is 17.5. The van der Waals surface area contributed by atoms with Crippen molar-refractivity contribution >= 4 is 27.5 Å². The molecule has 1 atom stereocenters. The van der Waals surface area contributed by atoms with Gasteiger partial charge in [-0.3, -0.25) is 9.59 Å². The lowest BCUT2D eigenvalue weighted by Gasteiger charge is -2.22. The Balaban J connectivity index is 1.70. The number of nitrogens with zero attached hydrogens (tertiary/aromatic N) is 2. The van der Waals surface area contributed by atoms with Crippen LogP contribution in [0.25, 0.3) is 10.2 Å². The Bertz CT molecular complexity index is 841. The van der Waals surface area contributed by atoms with Gasteiger partial charge in [0.1, 0.15) is 10.7 Å². The first-order chi connectivity index (χ1) is 11.3. The number of aryl methyl sites for hydroxylation is 3. The highest BCUT2D eigenvalue weighted by Gasteiger charge is 2.34. The molecule has 24 heavy (non-hydrogen) atoms. The molecule has 1 saturated heterocycles. The number of nitrogens with one attached hydrogen (secondary N) is 1. The Hall–Kier alpha value is -1.73. The molecule has 1 unspecified atom stereocenters. The number of carbonyl (C=O) groups excluding carboxylic acids is 1. The first-order valence-electron chi connectivity index (χ1n) is 8.30. The largest absolute Gasteiger partial charge is 0.342 e. The first-order valence-corrected chi connectivity index (χ1v) is 9.11. The van der Waals surface area contributed by atoms with Crippen LogP contribution >= 0.6 is 11.3 Å². The molecule has 3 rings (SSSR count). The second-order valence-electron chi connectivity index (χ2n) is 7.06. The zero-order valence-electron chi connectivity index (χ0n) is 14.4. The summed E-state index contributed by atoms with van der Waals surface area (Å²) in [6, 6.07) is 0. The number of aromatic nitrogens is 2. The summed E-state index contributed by atoms with van der Waals surface area (Å²) >= 11 is 1.53. The molecule has 1 amide bonds. The van der Waals surface area contributed by atoms with Crippen LogP contribution in [0.1, 0.15) is 36.0 Å². The molecule has 7 heteroatoms. The number of hydrogen-bond donors (Lipinski definition) is 2. The minimum Gasteiger partial charge on any atom is -0.342 e. The topological polar surface area (TPSA) is 92.1 Å². The molecule has 3 N–H and O–H groups in total. The van der Waals surface area contributed by atoms with Gasteiger partial charge in [0, 0.05) is 30.8 Å². The summed E-state index contributed by atoms with van der Waals surface area (Å²) in [5.74, 6) is 0.691. The number of aromatic amines is 1. The molecule has 1 aliphatic rings. The Morgan fingerprint density at radius 1 is 1.46 bits per heavy atom. The third kappa shape index (κ3) is 3.10. The van der Waals surface area contributed by atoms with Gasteiger partial charge in [0.2, 0.25) is 5.91 Å². The van der Waals surface area contributed by atoms with Crippen LogP contribution in [-0.2, 0) is 11.2 Å². The van der Waals surface area contributed by atoms with E-state index in [1.165, 1.54) is 11.3 Å². The third-order valence-electron chi connectivity index (χ3n) is 5.07. The van der Waals surface area contributed by atoms with E-state index < -0.39 is 0 Å². The van der Waals surface area contributed by atoms with Gasteiger partial charge in [-0.2, -0.15) is 0 Å². The van der Waals surface area contributed by atoms with Crippen LogP contribution < -0.4 is 11.3 Å². The number of fused-ring (bicyclic) bond motifs is 1. The van der Waals surface area contributed by atoms with E-state index in [1.807, 2.05) is 18.7 Å². The van der Waals surface area contributed by atoms with E-state index in [9.17, 15) is 9.59 Å². The number of nitrogens with two attached hydrogens (primary N) is 1. The Kier molecular flexibility index (Phi) is 4.48. The van der Waals surface area contributed by atoms with Gasteiger partial charge < -0.3 is 15.6 Å². The Morgan fingerprint density at radius 3 is 2.88 bits per heavy atom. The molecule has 0 radical (unpaired) electrons. The molecule has 0 aliphatic carbocycles. The van der Waals surface area contributed by atoms with Gasteiger partial charge in [-0.25, -0.2) is 4.98 Å². The number of thiophene rings is 1. The minimum atomic E-state index is -0.110. The van der Waals surface area contributed by atoms with Crippen molar-refractivity contribution in [3.05, 3.63) is 26.6 Å². The number of carbonyl (C=O) groups is 1. The van der Waals surface area contributed by atoms with Crippen molar-refractivity contribution in [2.45, 2.75) is 40.0 Å². The third-order valence-corrected chi connectivity index (χ3v) is 6.17. The van der Waals surface area contributed by atoms with Crippen molar-refractivity contribution in [2.75, 3.05) is 19.6 Å². The molecule has 0 spiro atoms. The van der Waals surface area contributed by atoms with E-state index in [-0.39, 0.29) is 16.9 Å². The lowest BCUT2D eigenvalue weighted by atomic mass is 9.90.